The molecule has 3 heteroatoms. The molecule has 0 fully saturated rings. The average molecular weight is 226 g/mol. The lowest BCUT2D eigenvalue weighted by Gasteiger charge is -1.92. The molecule has 0 bridgehead atoms. The first-order valence-electron chi connectivity index (χ1n) is 3.72. The molecule has 0 aliphatic heterocycles. The summed E-state index contributed by atoms with van der Waals surface area (Å²) in [6.45, 7) is 1.94. The van der Waals surface area contributed by atoms with E-state index in [0.717, 1.165) is 22.0 Å². The van der Waals surface area contributed by atoms with Crippen molar-refractivity contribution in [2.45, 2.75) is 12.3 Å². The van der Waals surface area contributed by atoms with Gasteiger partial charge in [0.1, 0.15) is 0 Å². The summed E-state index contributed by atoms with van der Waals surface area (Å²) < 4.78 is 5.12. The fraction of sp³-hybridized carbons (Fsp3) is 0.222. The summed E-state index contributed by atoms with van der Waals surface area (Å²) in [5.41, 5.74) is 3.02. The lowest BCUT2D eigenvalue weighted by atomic mass is 10.2. The predicted molar refractivity (Wildman–Crippen MR) is 51.4 cm³/mol. The normalized spacial score (nSPS) is 10.8. The molecule has 0 radical (unpaired) electrons. The van der Waals surface area contributed by atoms with Crippen LogP contribution in [-0.4, -0.2) is 5.16 Å². The summed E-state index contributed by atoms with van der Waals surface area (Å²) in [5.74, 6) is 0. The molecular weight excluding hydrogens is 218 g/mol. The lowest BCUT2D eigenvalue weighted by Crippen LogP contribution is -1.75. The molecule has 0 aliphatic carbocycles. The monoisotopic (exact) mass is 225 g/mol. The van der Waals surface area contributed by atoms with E-state index in [1.807, 2.05) is 19.1 Å². The average Bonchev–Trinajstić information content (AvgIpc) is 2.47. The minimum Gasteiger partial charge on any atom is -0.356 e. The molecule has 0 saturated heterocycles. The Morgan fingerprint density at radius 2 is 2.33 bits per heavy atom. The number of hydrogen-bond acceptors (Lipinski definition) is 2. The second-order valence-electron chi connectivity index (χ2n) is 2.73. The second kappa shape index (κ2) is 2.90. The minimum absolute atomic E-state index is 0.850. The quantitative estimate of drug-likeness (QED) is 0.698. The maximum atomic E-state index is 5.12. The van der Waals surface area contributed by atoms with Gasteiger partial charge in [-0.05, 0) is 24.6 Å². The second-order valence-corrected chi connectivity index (χ2v) is 3.29. The van der Waals surface area contributed by atoms with Crippen LogP contribution in [0.3, 0.4) is 0 Å². The number of hydrogen-bond donors (Lipinski definition) is 0. The fourth-order valence-corrected chi connectivity index (χ4v) is 1.54. The first-order valence-corrected chi connectivity index (χ1v) is 4.84. The summed E-state index contributed by atoms with van der Waals surface area (Å²) in [4.78, 5) is 0. The smallest absolute Gasteiger partial charge is 0.167 e. The van der Waals surface area contributed by atoms with Crippen molar-refractivity contribution in [3.05, 3.63) is 29.5 Å². The van der Waals surface area contributed by atoms with E-state index in [-0.39, 0.29) is 0 Å². The zero-order chi connectivity index (χ0) is 8.55. The molecule has 2 aromatic rings. The maximum Gasteiger partial charge on any atom is 0.167 e. The van der Waals surface area contributed by atoms with E-state index in [4.69, 9.17) is 4.52 Å². The van der Waals surface area contributed by atoms with Gasteiger partial charge in [-0.15, -0.1) is 0 Å². The Morgan fingerprint density at radius 1 is 1.50 bits per heavy atom. The highest BCUT2D eigenvalue weighted by Crippen LogP contribution is 2.19. The van der Waals surface area contributed by atoms with E-state index in [1.54, 1.807) is 0 Å². The van der Waals surface area contributed by atoms with E-state index in [0.29, 0.717) is 0 Å². The van der Waals surface area contributed by atoms with Gasteiger partial charge in [-0.3, -0.25) is 0 Å². The molecule has 62 valence electrons. The Hall–Kier alpha value is -0.830. The molecule has 12 heavy (non-hydrogen) atoms. The topological polar surface area (TPSA) is 26.0 Å². The van der Waals surface area contributed by atoms with Crippen LogP contribution in [0, 0.1) is 6.92 Å². The van der Waals surface area contributed by atoms with Crippen LogP contribution in [-0.2, 0) is 5.33 Å². The van der Waals surface area contributed by atoms with Crippen molar-refractivity contribution in [1.82, 2.24) is 5.16 Å². The Kier molecular flexibility index (Phi) is 1.89. The number of aryl methyl sites for hydroxylation is 1. The molecule has 2 rings (SSSR count). The van der Waals surface area contributed by atoms with Crippen molar-refractivity contribution < 1.29 is 4.52 Å². The Bertz CT molecular complexity index is 408. The van der Waals surface area contributed by atoms with Crippen molar-refractivity contribution in [2.24, 2.45) is 0 Å². The van der Waals surface area contributed by atoms with Gasteiger partial charge < -0.3 is 4.52 Å². The van der Waals surface area contributed by atoms with Crippen molar-refractivity contribution in [3.8, 4) is 0 Å². The number of nitrogens with zero attached hydrogens (tertiary/aromatic N) is 1. The van der Waals surface area contributed by atoms with Gasteiger partial charge in [-0.2, -0.15) is 0 Å². The van der Waals surface area contributed by atoms with Gasteiger partial charge in [0.05, 0.1) is 5.69 Å². The van der Waals surface area contributed by atoms with Gasteiger partial charge in [0.2, 0.25) is 0 Å². The first kappa shape index (κ1) is 7.80. The fourth-order valence-electron chi connectivity index (χ4n) is 1.19. The lowest BCUT2D eigenvalue weighted by molar-refractivity contribution is 0.450. The number of rotatable bonds is 1. The van der Waals surface area contributed by atoms with Gasteiger partial charge in [-0.25, -0.2) is 0 Å². The van der Waals surface area contributed by atoms with E-state index in [1.165, 1.54) is 5.56 Å². The van der Waals surface area contributed by atoms with Crippen LogP contribution < -0.4 is 0 Å². The third kappa shape index (κ3) is 1.14. The van der Waals surface area contributed by atoms with Crippen LogP contribution in [0.25, 0.3) is 11.0 Å². The number of alkyl halides is 1. The van der Waals surface area contributed by atoms with Crippen molar-refractivity contribution in [1.29, 1.82) is 0 Å². The summed E-state index contributed by atoms with van der Waals surface area (Å²) in [6, 6.07) is 6.11. The van der Waals surface area contributed by atoms with Gasteiger partial charge in [-0.1, -0.05) is 27.2 Å². The van der Waals surface area contributed by atoms with Gasteiger partial charge in [0, 0.05) is 10.7 Å². The SMILES string of the molecule is Cc1noc2cc(CBr)ccc12. The zero-order valence-corrected chi connectivity index (χ0v) is 8.26. The highest BCUT2D eigenvalue weighted by Gasteiger charge is 2.03. The first-order chi connectivity index (χ1) is 5.81. The third-order valence-electron chi connectivity index (χ3n) is 1.87. The standard InChI is InChI=1S/C9H8BrNO/c1-6-8-3-2-7(5-10)4-9(8)12-11-6/h2-4H,5H2,1H3. The molecule has 0 N–H and O–H groups in total. The summed E-state index contributed by atoms with van der Waals surface area (Å²) >= 11 is 3.39. The molecule has 0 unspecified atom stereocenters. The third-order valence-corrected chi connectivity index (χ3v) is 2.52. The Morgan fingerprint density at radius 3 is 3.08 bits per heavy atom. The molecule has 0 saturated carbocycles. The molecule has 0 atom stereocenters. The van der Waals surface area contributed by atoms with Crippen molar-refractivity contribution in [2.75, 3.05) is 0 Å². The molecule has 1 heterocycles. The van der Waals surface area contributed by atoms with E-state index >= 15 is 0 Å². The number of fused-ring (bicyclic) bond motifs is 1. The van der Waals surface area contributed by atoms with Gasteiger partial charge >= 0.3 is 0 Å². The summed E-state index contributed by atoms with van der Waals surface area (Å²) in [5, 5.41) is 5.83. The largest absolute Gasteiger partial charge is 0.356 e. The van der Waals surface area contributed by atoms with Crippen LogP contribution in [0.1, 0.15) is 11.3 Å². The van der Waals surface area contributed by atoms with E-state index in [2.05, 4.69) is 27.2 Å². The zero-order valence-electron chi connectivity index (χ0n) is 6.67. The van der Waals surface area contributed by atoms with Crippen molar-refractivity contribution in [3.63, 3.8) is 0 Å². The number of halogens is 1. The summed E-state index contributed by atoms with van der Waals surface area (Å²) in [6.07, 6.45) is 0. The predicted octanol–water partition coefficient (Wildman–Crippen LogP) is 3.03. The molecule has 0 amide bonds. The van der Waals surface area contributed by atoms with Gasteiger partial charge in [0.25, 0.3) is 0 Å². The maximum absolute atomic E-state index is 5.12. The molecule has 1 aromatic carbocycles. The molecule has 2 nitrogen and oxygen atoms in total. The molecule has 0 spiro atoms. The van der Waals surface area contributed by atoms with Gasteiger partial charge in [0.15, 0.2) is 5.58 Å². The summed E-state index contributed by atoms with van der Waals surface area (Å²) in [7, 11) is 0. The van der Waals surface area contributed by atoms with Crippen LogP contribution in [0.15, 0.2) is 22.7 Å². The molecule has 1 aromatic heterocycles. The highest BCUT2D eigenvalue weighted by atomic mass is 79.9. The number of benzene rings is 1. The van der Waals surface area contributed by atoms with E-state index < -0.39 is 0 Å². The highest BCUT2D eigenvalue weighted by molar-refractivity contribution is 9.08. The minimum atomic E-state index is 0.850. The van der Waals surface area contributed by atoms with Crippen LogP contribution >= 0.6 is 15.9 Å². The van der Waals surface area contributed by atoms with Crippen LogP contribution in [0.2, 0.25) is 0 Å². The molecule has 0 aliphatic rings. The van der Waals surface area contributed by atoms with Crippen LogP contribution in [0.4, 0.5) is 0 Å². The molecular formula is C9H8BrNO. The van der Waals surface area contributed by atoms with Crippen molar-refractivity contribution >= 4 is 26.9 Å². The Balaban J connectivity index is 2.69. The van der Waals surface area contributed by atoms with Crippen LogP contribution in [0.5, 0.6) is 0 Å². The van der Waals surface area contributed by atoms with E-state index in [9.17, 15) is 0 Å². The number of aromatic nitrogens is 1. The Labute approximate surface area is 78.7 Å².